The van der Waals surface area contributed by atoms with Crippen LogP contribution in [0.15, 0.2) is 12.5 Å². The largest absolute Gasteiger partial charge is 0.477 e. The summed E-state index contributed by atoms with van der Waals surface area (Å²) in [5.41, 5.74) is 6.72. The highest BCUT2D eigenvalue weighted by Gasteiger charge is 2.08. The Morgan fingerprint density at radius 1 is 1.40 bits per heavy atom. The Balaban J connectivity index is 2.68. The lowest BCUT2D eigenvalue weighted by Crippen LogP contribution is -2.19. The number of hydrogen-bond acceptors (Lipinski definition) is 4. The van der Waals surface area contributed by atoms with Gasteiger partial charge in [0.1, 0.15) is 6.33 Å². The molecule has 0 aliphatic heterocycles. The van der Waals surface area contributed by atoms with Gasteiger partial charge in [0.15, 0.2) is 0 Å². The van der Waals surface area contributed by atoms with Crippen molar-refractivity contribution in [3.8, 4) is 5.88 Å². The molecule has 4 nitrogen and oxygen atoms in total. The number of nitrogens with zero attached hydrogens (tertiary/aromatic N) is 2. The first kappa shape index (κ1) is 11.9. The van der Waals surface area contributed by atoms with Crippen molar-refractivity contribution in [1.29, 1.82) is 0 Å². The Kier molecular flexibility index (Phi) is 4.49. The number of aromatic nitrogens is 2. The molecule has 2 N–H and O–H groups in total. The zero-order valence-corrected chi connectivity index (χ0v) is 9.60. The smallest absolute Gasteiger partial charge is 0.219 e. The van der Waals surface area contributed by atoms with Gasteiger partial charge in [-0.2, -0.15) is 0 Å². The summed E-state index contributed by atoms with van der Waals surface area (Å²) in [4.78, 5) is 8.09. The highest BCUT2D eigenvalue weighted by Crippen LogP contribution is 2.15. The second-order valence-corrected chi connectivity index (χ2v) is 4.24. The summed E-state index contributed by atoms with van der Waals surface area (Å²) in [5.74, 6) is 1.15. The maximum Gasteiger partial charge on any atom is 0.219 e. The van der Waals surface area contributed by atoms with Crippen molar-refractivity contribution >= 4 is 0 Å². The second-order valence-electron chi connectivity index (χ2n) is 4.24. The normalized spacial score (nSPS) is 12.9. The molecule has 15 heavy (non-hydrogen) atoms. The zero-order valence-electron chi connectivity index (χ0n) is 9.60. The lowest BCUT2D eigenvalue weighted by atomic mass is 10.1. The van der Waals surface area contributed by atoms with Crippen molar-refractivity contribution < 1.29 is 4.74 Å². The van der Waals surface area contributed by atoms with Crippen molar-refractivity contribution in [3.05, 3.63) is 18.1 Å². The minimum Gasteiger partial charge on any atom is -0.477 e. The van der Waals surface area contributed by atoms with Gasteiger partial charge in [-0.15, -0.1) is 0 Å². The summed E-state index contributed by atoms with van der Waals surface area (Å²) in [6.07, 6.45) is 4.01. The molecule has 0 saturated carbocycles. The van der Waals surface area contributed by atoms with Gasteiger partial charge in [0.2, 0.25) is 5.88 Å². The first-order chi connectivity index (χ1) is 7.09. The van der Waals surface area contributed by atoms with Gasteiger partial charge in [-0.3, -0.25) is 0 Å². The molecule has 0 saturated heterocycles. The van der Waals surface area contributed by atoms with E-state index >= 15 is 0 Å². The molecule has 0 spiro atoms. The van der Waals surface area contributed by atoms with Gasteiger partial charge >= 0.3 is 0 Å². The van der Waals surface area contributed by atoms with Crippen LogP contribution in [0.4, 0.5) is 0 Å². The van der Waals surface area contributed by atoms with Gasteiger partial charge in [0.25, 0.3) is 0 Å². The van der Waals surface area contributed by atoms with Gasteiger partial charge in [-0.05, 0) is 19.3 Å². The van der Waals surface area contributed by atoms with Crippen LogP contribution in [-0.4, -0.2) is 22.6 Å². The van der Waals surface area contributed by atoms with E-state index in [4.69, 9.17) is 10.5 Å². The van der Waals surface area contributed by atoms with Gasteiger partial charge in [0.05, 0.1) is 6.61 Å². The third-order valence-corrected chi connectivity index (χ3v) is 1.84. The van der Waals surface area contributed by atoms with E-state index < -0.39 is 0 Å². The van der Waals surface area contributed by atoms with Crippen LogP contribution < -0.4 is 10.5 Å². The minimum atomic E-state index is 0.0948. The zero-order chi connectivity index (χ0) is 11.3. The molecule has 4 heteroatoms. The summed E-state index contributed by atoms with van der Waals surface area (Å²) < 4.78 is 5.59. The molecular weight excluding hydrogens is 190 g/mol. The van der Waals surface area contributed by atoms with Crippen molar-refractivity contribution in [1.82, 2.24) is 9.97 Å². The minimum absolute atomic E-state index is 0.0948. The molecule has 84 valence electrons. The van der Waals surface area contributed by atoms with E-state index in [2.05, 4.69) is 23.8 Å². The number of rotatable bonds is 5. The van der Waals surface area contributed by atoms with Crippen LogP contribution in [-0.2, 0) is 6.42 Å². The van der Waals surface area contributed by atoms with Crippen LogP contribution in [0.2, 0.25) is 0 Å². The maximum atomic E-state index is 5.74. The fourth-order valence-electron chi connectivity index (χ4n) is 1.21. The third-order valence-electron chi connectivity index (χ3n) is 1.84. The maximum absolute atomic E-state index is 5.74. The first-order valence-corrected chi connectivity index (χ1v) is 5.27. The molecule has 1 heterocycles. The second kappa shape index (κ2) is 5.66. The summed E-state index contributed by atoms with van der Waals surface area (Å²) in [7, 11) is 0. The van der Waals surface area contributed by atoms with Gasteiger partial charge in [0, 0.05) is 17.8 Å². The van der Waals surface area contributed by atoms with Crippen molar-refractivity contribution in [2.75, 3.05) is 6.61 Å². The molecule has 1 aromatic rings. The fraction of sp³-hybridized carbons (Fsp3) is 0.636. The molecular formula is C11H19N3O. The predicted octanol–water partition coefficient (Wildman–Crippen LogP) is 1.40. The molecule has 1 unspecified atom stereocenters. The van der Waals surface area contributed by atoms with Crippen LogP contribution in [0.3, 0.4) is 0 Å². The SMILES string of the molecule is CC(C)COc1ncncc1CC(C)N. The summed E-state index contributed by atoms with van der Waals surface area (Å²) in [6, 6.07) is 0.0948. The van der Waals surface area contributed by atoms with Crippen LogP contribution in [0.5, 0.6) is 5.88 Å². The molecule has 0 aliphatic carbocycles. The van der Waals surface area contributed by atoms with Crippen LogP contribution in [0, 0.1) is 5.92 Å². The van der Waals surface area contributed by atoms with E-state index in [0.29, 0.717) is 18.4 Å². The Bertz CT molecular complexity index is 300. The average molecular weight is 209 g/mol. The highest BCUT2D eigenvalue weighted by atomic mass is 16.5. The van der Waals surface area contributed by atoms with Crippen LogP contribution >= 0.6 is 0 Å². The van der Waals surface area contributed by atoms with E-state index in [0.717, 1.165) is 12.0 Å². The Morgan fingerprint density at radius 3 is 2.73 bits per heavy atom. The van der Waals surface area contributed by atoms with E-state index in [-0.39, 0.29) is 6.04 Å². The van der Waals surface area contributed by atoms with Crippen molar-refractivity contribution in [2.45, 2.75) is 33.2 Å². The molecule has 1 aromatic heterocycles. The molecule has 0 aliphatic rings. The lowest BCUT2D eigenvalue weighted by molar-refractivity contribution is 0.257. The van der Waals surface area contributed by atoms with Crippen molar-refractivity contribution in [2.24, 2.45) is 11.7 Å². The van der Waals surface area contributed by atoms with E-state index in [1.54, 1.807) is 6.20 Å². The fourth-order valence-corrected chi connectivity index (χ4v) is 1.21. The van der Waals surface area contributed by atoms with E-state index in [1.807, 2.05) is 6.92 Å². The Labute approximate surface area is 90.9 Å². The van der Waals surface area contributed by atoms with Crippen LogP contribution in [0.1, 0.15) is 26.3 Å². The van der Waals surface area contributed by atoms with Crippen LogP contribution in [0.25, 0.3) is 0 Å². The molecule has 0 aromatic carbocycles. The first-order valence-electron chi connectivity index (χ1n) is 5.27. The average Bonchev–Trinajstić information content (AvgIpc) is 2.15. The number of nitrogens with two attached hydrogens (primary N) is 1. The molecule has 1 atom stereocenters. The highest BCUT2D eigenvalue weighted by molar-refractivity contribution is 5.23. The van der Waals surface area contributed by atoms with Gasteiger partial charge in [-0.1, -0.05) is 13.8 Å². The quantitative estimate of drug-likeness (QED) is 0.796. The monoisotopic (exact) mass is 209 g/mol. The molecule has 1 rings (SSSR count). The lowest BCUT2D eigenvalue weighted by Gasteiger charge is -2.12. The summed E-state index contributed by atoms with van der Waals surface area (Å²) in [6.45, 7) is 6.83. The van der Waals surface area contributed by atoms with Gasteiger partial charge < -0.3 is 10.5 Å². The Morgan fingerprint density at radius 2 is 2.13 bits per heavy atom. The van der Waals surface area contributed by atoms with Gasteiger partial charge in [-0.25, -0.2) is 9.97 Å². The van der Waals surface area contributed by atoms with E-state index in [1.165, 1.54) is 6.33 Å². The molecule has 0 bridgehead atoms. The molecule has 0 fully saturated rings. The summed E-state index contributed by atoms with van der Waals surface area (Å²) in [5, 5.41) is 0. The number of ether oxygens (including phenoxy) is 1. The van der Waals surface area contributed by atoms with Crippen molar-refractivity contribution in [3.63, 3.8) is 0 Å². The van der Waals surface area contributed by atoms with E-state index in [9.17, 15) is 0 Å². The predicted molar refractivity (Wildman–Crippen MR) is 59.7 cm³/mol. The number of hydrogen-bond donors (Lipinski definition) is 1. The molecule has 0 amide bonds. The topological polar surface area (TPSA) is 61.0 Å². The standard InChI is InChI=1S/C11H19N3O/c1-8(2)6-15-11-10(4-9(3)12)5-13-7-14-11/h5,7-9H,4,6,12H2,1-3H3. The Hall–Kier alpha value is -1.16. The third kappa shape index (κ3) is 4.25. The molecule has 0 radical (unpaired) electrons. The summed E-state index contributed by atoms with van der Waals surface area (Å²) >= 11 is 0.